The molecule has 0 fully saturated rings. The maximum absolute atomic E-state index is 12.1. The standard InChI is InChI=1S/C15H17NO3/c1-2-3-8-13(17)16-10-9-11-6-4-5-7-12(11)14(16)15(18)19/h2,4-7,14H,1,3,8-10H2,(H,18,19)/t14-/m0/s1. The van der Waals surface area contributed by atoms with Crippen LogP contribution >= 0.6 is 0 Å². The average molecular weight is 259 g/mol. The Bertz CT molecular complexity index is 510. The van der Waals surface area contributed by atoms with Gasteiger partial charge in [-0.05, 0) is 24.0 Å². The fourth-order valence-corrected chi connectivity index (χ4v) is 2.47. The fraction of sp³-hybridized carbons (Fsp3) is 0.333. The highest BCUT2D eigenvalue weighted by molar-refractivity contribution is 5.85. The van der Waals surface area contributed by atoms with E-state index in [-0.39, 0.29) is 5.91 Å². The van der Waals surface area contributed by atoms with Gasteiger partial charge in [0.1, 0.15) is 0 Å². The van der Waals surface area contributed by atoms with Gasteiger partial charge in [-0.2, -0.15) is 0 Å². The van der Waals surface area contributed by atoms with E-state index in [0.717, 1.165) is 11.1 Å². The molecule has 19 heavy (non-hydrogen) atoms. The molecule has 0 unspecified atom stereocenters. The van der Waals surface area contributed by atoms with E-state index in [1.54, 1.807) is 12.1 Å². The van der Waals surface area contributed by atoms with Crippen molar-refractivity contribution in [3.8, 4) is 0 Å². The first-order valence-corrected chi connectivity index (χ1v) is 6.36. The van der Waals surface area contributed by atoms with Crippen LogP contribution in [0.4, 0.5) is 0 Å². The minimum atomic E-state index is -0.973. The maximum Gasteiger partial charge on any atom is 0.331 e. The number of fused-ring (bicyclic) bond motifs is 1. The number of carbonyl (C=O) groups is 2. The van der Waals surface area contributed by atoms with Crippen molar-refractivity contribution in [3.05, 3.63) is 48.0 Å². The lowest BCUT2D eigenvalue weighted by Gasteiger charge is -2.34. The van der Waals surface area contributed by atoms with Crippen LogP contribution in [0.2, 0.25) is 0 Å². The van der Waals surface area contributed by atoms with Crippen molar-refractivity contribution in [2.45, 2.75) is 25.3 Å². The molecule has 1 aliphatic rings. The van der Waals surface area contributed by atoms with Gasteiger partial charge in [0, 0.05) is 13.0 Å². The van der Waals surface area contributed by atoms with E-state index in [9.17, 15) is 14.7 Å². The third kappa shape index (κ3) is 2.67. The highest BCUT2D eigenvalue weighted by Crippen LogP contribution is 2.30. The van der Waals surface area contributed by atoms with Gasteiger partial charge in [0.25, 0.3) is 0 Å². The molecule has 1 heterocycles. The lowest BCUT2D eigenvalue weighted by Crippen LogP contribution is -2.43. The van der Waals surface area contributed by atoms with E-state index < -0.39 is 12.0 Å². The van der Waals surface area contributed by atoms with Crippen molar-refractivity contribution in [1.82, 2.24) is 4.90 Å². The summed E-state index contributed by atoms with van der Waals surface area (Å²) in [6, 6.07) is 6.57. The molecule has 0 radical (unpaired) electrons. The van der Waals surface area contributed by atoms with E-state index in [4.69, 9.17) is 0 Å². The van der Waals surface area contributed by atoms with Gasteiger partial charge < -0.3 is 10.0 Å². The number of nitrogens with zero attached hydrogens (tertiary/aromatic N) is 1. The van der Waals surface area contributed by atoms with E-state index >= 15 is 0 Å². The van der Waals surface area contributed by atoms with Gasteiger partial charge in [-0.15, -0.1) is 6.58 Å². The summed E-state index contributed by atoms with van der Waals surface area (Å²) >= 11 is 0. The first kappa shape index (κ1) is 13.3. The van der Waals surface area contributed by atoms with Gasteiger partial charge >= 0.3 is 5.97 Å². The molecule has 0 bridgehead atoms. The number of benzene rings is 1. The minimum absolute atomic E-state index is 0.123. The van der Waals surface area contributed by atoms with Crippen LogP contribution in [0.15, 0.2) is 36.9 Å². The third-order valence-corrected chi connectivity index (χ3v) is 3.40. The highest BCUT2D eigenvalue weighted by atomic mass is 16.4. The minimum Gasteiger partial charge on any atom is -0.479 e. The predicted molar refractivity (Wildman–Crippen MR) is 71.7 cm³/mol. The molecule has 4 nitrogen and oxygen atoms in total. The van der Waals surface area contributed by atoms with Crippen molar-refractivity contribution < 1.29 is 14.7 Å². The lowest BCUT2D eigenvalue weighted by molar-refractivity contribution is -0.151. The largest absolute Gasteiger partial charge is 0.479 e. The Morgan fingerprint density at radius 1 is 1.42 bits per heavy atom. The van der Waals surface area contributed by atoms with E-state index in [1.807, 2.05) is 18.2 Å². The monoisotopic (exact) mass is 259 g/mol. The number of carboxylic acids is 1. The van der Waals surface area contributed by atoms with Crippen LogP contribution in [0.25, 0.3) is 0 Å². The molecule has 1 atom stereocenters. The number of rotatable bonds is 4. The van der Waals surface area contributed by atoms with Crippen LogP contribution in [-0.2, 0) is 16.0 Å². The molecule has 1 aromatic rings. The molecular formula is C15H17NO3. The molecule has 0 aliphatic carbocycles. The first-order valence-electron chi connectivity index (χ1n) is 6.36. The van der Waals surface area contributed by atoms with Crippen molar-refractivity contribution >= 4 is 11.9 Å². The Kier molecular flexibility index (Phi) is 4.00. The lowest BCUT2D eigenvalue weighted by atomic mass is 9.92. The summed E-state index contributed by atoms with van der Waals surface area (Å²) in [5.74, 6) is -1.10. The number of hydrogen-bond acceptors (Lipinski definition) is 2. The van der Waals surface area contributed by atoms with Gasteiger partial charge in [-0.25, -0.2) is 4.79 Å². The summed E-state index contributed by atoms with van der Waals surface area (Å²) in [5.41, 5.74) is 1.75. The number of carbonyl (C=O) groups excluding carboxylic acids is 1. The third-order valence-electron chi connectivity index (χ3n) is 3.40. The molecule has 1 aromatic carbocycles. The topological polar surface area (TPSA) is 57.6 Å². The molecule has 100 valence electrons. The Balaban J connectivity index is 2.29. The van der Waals surface area contributed by atoms with E-state index in [0.29, 0.717) is 25.8 Å². The molecule has 0 saturated carbocycles. The number of amides is 1. The second-order valence-corrected chi connectivity index (χ2v) is 4.60. The second kappa shape index (κ2) is 5.69. The van der Waals surface area contributed by atoms with Crippen LogP contribution < -0.4 is 0 Å². The molecule has 1 aliphatic heterocycles. The Morgan fingerprint density at radius 2 is 2.16 bits per heavy atom. The average Bonchev–Trinajstić information content (AvgIpc) is 2.43. The van der Waals surface area contributed by atoms with Gasteiger partial charge in [0.05, 0.1) is 0 Å². The molecule has 4 heteroatoms. The Hall–Kier alpha value is -2.10. The maximum atomic E-state index is 12.1. The zero-order valence-electron chi connectivity index (χ0n) is 10.7. The zero-order chi connectivity index (χ0) is 13.8. The van der Waals surface area contributed by atoms with Crippen molar-refractivity contribution in [1.29, 1.82) is 0 Å². The number of carboxylic acid groups (broad SMARTS) is 1. The Morgan fingerprint density at radius 3 is 2.84 bits per heavy atom. The van der Waals surface area contributed by atoms with Crippen molar-refractivity contribution in [2.24, 2.45) is 0 Å². The fourth-order valence-electron chi connectivity index (χ4n) is 2.47. The summed E-state index contributed by atoms with van der Waals surface area (Å²) in [4.78, 5) is 25.1. The normalized spacial score (nSPS) is 17.7. The SMILES string of the molecule is C=CCCC(=O)N1CCc2ccccc2[C@H]1C(=O)O. The van der Waals surface area contributed by atoms with E-state index in [2.05, 4.69) is 6.58 Å². The van der Waals surface area contributed by atoms with Gasteiger partial charge in [0.15, 0.2) is 6.04 Å². The van der Waals surface area contributed by atoms with Crippen LogP contribution in [0.1, 0.15) is 30.0 Å². The van der Waals surface area contributed by atoms with Crippen LogP contribution in [0.5, 0.6) is 0 Å². The molecule has 2 rings (SSSR count). The summed E-state index contributed by atoms with van der Waals surface area (Å²) in [7, 11) is 0. The summed E-state index contributed by atoms with van der Waals surface area (Å²) in [6.07, 6.45) is 3.27. The quantitative estimate of drug-likeness (QED) is 0.843. The molecule has 1 N–H and O–H groups in total. The molecule has 1 amide bonds. The number of hydrogen-bond donors (Lipinski definition) is 1. The van der Waals surface area contributed by atoms with Crippen LogP contribution in [-0.4, -0.2) is 28.4 Å². The van der Waals surface area contributed by atoms with Crippen LogP contribution in [0, 0.1) is 0 Å². The smallest absolute Gasteiger partial charge is 0.331 e. The zero-order valence-corrected chi connectivity index (χ0v) is 10.7. The summed E-state index contributed by atoms with van der Waals surface area (Å²) in [6.45, 7) is 4.04. The molecular weight excluding hydrogens is 242 g/mol. The van der Waals surface area contributed by atoms with Crippen molar-refractivity contribution in [3.63, 3.8) is 0 Å². The number of allylic oxidation sites excluding steroid dienone is 1. The Labute approximate surface area is 112 Å². The van der Waals surface area contributed by atoms with Gasteiger partial charge in [-0.3, -0.25) is 4.79 Å². The van der Waals surface area contributed by atoms with Crippen LogP contribution in [0.3, 0.4) is 0 Å². The van der Waals surface area contributed by atoms with Gasteiger partial charge in [0.2, 0.25) is 5.91 Å². The highest BCUT2D eigenvalue weighted by Gasteiger charge is 2.35. The van der Waals surface area contributed by atoms with Crippen molar-refractivity contribution in [2.75, 3.05) is 6.54 Å². The summed E-state index contributed by atoms with van der Waals surface area (Å²) in [5, 5.41) is 9.42. The van der Waals surface area contributed by atoms with E-state index in [1.165, 1.54) is 4.90 Å². The summed E-state index contributed by atoms with van der Waals surface area (Å²) < 4.78 is 0. The van der Waals surface area contributed by atoms with Gasteiger partial charge in [-0.1, -0.05) is 30.3 Å². The first-order chi connectivity index (χ1) is 9.15. The molecule has 0 aromatic heterocycles. The number of aliphatic carboxylic acids is 1. The predicted octanol–water partition coefficient (Wildman–Crippen LogP) is 2.16. The molecule has 0 spiro atoms. The second-order valence-electron chi connectivity index (χ2n) is 4.60. The molecule has 0 saturated heterocycles.